The van der Waals surface area contributed by atoms with Crippen LogP contribution in [0.3, 0.4) is 0 Å². The molecule has 0 aliphatic carbocycles. The number of rotatable bonds is 4. The van der Waals surface area contributed by atoms with Gasteiger partial charge in [0.1, 0.15) is 11.6 Å². The molecule has 9 heteroatoms. The van der Waals surface area contributed by atoms with E-state index in [1.54, 1.807) is 31.2 Å². The van der Waals surface area contributed by atoms with Gasteiger partial charge in [-0.2, -0.15) is 10.4 Å². The van der Waals surface area contributed by atoms with Crippen molar-refractivity contribution in [2.24, 2.45) is 0 Å². The first-order chi connectivity index (χ1) is 13.9. The number of hydrogen-bond donors (Lipinski definition) is 0. The van der Waals surface area contributed by atoms with Gasteiger partial charge in [-0.1, -0.05) is 24.3 Å². The Balaban J connectivity index is 1.81. The van der Waals surface area contributed by atoms with E-state index in [2.05, 4.69) is 11.2 Å². The second kappa shape index (κ2) is 6.69. The van der Waals surface area contributed by atoms with Crippen LogP contribution in [-0.4, -0.2) is 31.4 Å². The van der Waals surface area contributed by atoms with E-state index in [0.717, 1.165) is 4.90 Å². The van der Waals surface area contributed by atoms with Gasteiger partial charge >= 0.3 is 0 Å². The second-order valence-corrected chi connectivity index (χ2v) is 6.42. The van der Waals surface area contributed by atoms with Crippen LogP contribution < -0.4 is 0 Å². The molecule has 0 fully saturated rings. The Morgan fingerprint density at radius 3 is 2.48 bits per heavy atom. The van der Waals surface area contributed by atoms with Crippen LogP contribution in [0, 0.1) is 28.4 Å². The molecule has 2 amide bonds. The van der Waals surface area contributed by atoms with Crippen molar-refractivity contribution in [1.29, 1.82) is 5.26 Å². The summed E-state index contributed by atoms with van der Waals surface area (Å²) in [6.07, 6.45) is 0. The number of fused-ring (bicyclic) bond motifs is 1. The van der Waals surface area contributed by atoms with Gasteiger partial charge in [0.2, 0.25) is 0 Å². The maximum absolute atomic E-state index is 12.9. The zero-order chi connectivity index (χ0) is 20.7. The number of carbonyl (C=O) groups is 2. The topological polar surface area (TPSA) is 122 Å². The van der Waals surface area contributed by atoms with Crippen LogP contribution in [0.25, 0.3) is 5.69 Å². The normalized spacial score (nSPS) is 12.8. The lowest BCUT2D eigenvalue weighted by Gasteiger charge is -2.15. The zero-order valence-electron chi connectivity index (χ0n) is 15.2. The summed E-state index contributed by atoms with van der Waals surface area (Å²) in [5, 5.41) is 25.2. The zero-order valence-corrected chi connectivity index (χ0v) is 15.2. The maximum atomic E-state index is 12.9. The Labute approximate surface area is 164 Å². The highest BCUT2D eigenvalue weighted by atomic mass is 16.6. The highest BCUT2D eigenvalue weighted by Crippen LogP contribution is 2.32. The maximum Gasteiger partial charge on any atom is 0.282 e. The number of aromatic nitrogens is 2. The Hall–Kier alpha value is -4.32. The number of nitro groups is 1. The van der Waals surface area contributed by atoms with E-state index < -0.39 is 22.4 Å². The highest BCUT2D eigenvalue weighted by molar-refractivity contribution is 6.23. The van der Waals surface area contributed by atoms with Crippen molar-refractivity contribution in [3.8, 4) is 11.8 Å². The molecule has 3 aromatic rings. The number of hydrogen-bond acceptors (Lipinski definition) is 6. The van der Waals surface area contributed by atoms with E-state index in [1.165, 1.54) is 22.9 Å². The second-order valence-electron chi connectivity index (χ2n) is 6.42. The summed E-state index contributed by atoms with van der Waals surface area (Å²) in [5.74, 6) is -1.41. The van der Waals surface area contributed by atoms with E-state index in [-0.39, 0.29) is 23.2 Å². The summed E-state index contributed by atoms with van der Waals surface area (Å²) in [7, 11) is 0. The Kier molecular flexibility index (Phi) is 4.16. The molecule has 0 atom stereocenters. The minimum atomic E-state index is -0.764. The Morgan fingerprint density at radius 2 is 1.83 bits per heavy atom. The lowest BCUT2D eigenvalue weighted by Crippen LogP contribution is -2.30. The van der Waals surface area contributed by atoms with Crippen molar-refractivity contribution in [3.05, 3.63) is 86.7 Å². The molecule has 1 aliphatic heterocycles. The third-order valence-corrected chi connectivity index (χ3v) is 4.75. The highest BCUT2D eigenvalue weighted by Gasteiger charge is 2.41. The number of nitro benzene ring substituents is 1. The molecular formula is C20H13N5O4. The third kappa shape index (κ3) is 2.74. The van der Waals surface area contributed by atoms with Crippen LogP contribution in [-0.2, 0) is 6.54 Å². The first-order valence-electron chi connectivity index (χ1n) is 8.61. The van der Waals surface area contributed by atoms with Gasteiger partial charge in [0.05, 0.1) is 39.7 Å². The number of para-hydroxylation sites is 1. The molecule has 0 unspecified atom stereocenters. The predicted molar refractivity (Wildman–Crippen MR) is 100 cm³/mol. The standard InChI is InChI=1S/C20H13N5O4/c1-12-15(10-21)17(24(22-12)13-6-3-2-4-7-13)11-23-19(26)14-8-5-9-16(25(28)29)18(14)20(23)27/h2-9H,11H2,1H3. The van der Waals surface area contributed by atoms with Crippen LogP contribution in [0.1, 0.15) is 37.7 Å². The van der Waals surface area contributed by atoms with Crippen LogP contribution in [0.2, 0.25) is 0 Å². The number of amides is 2. The summed E-state index contributed by atoms with van der Waals surface area (Å²) in [4.78, 5) is 37.2. The molecule has 0 N–H and O–H groups in total. The largest absolute Gasteiger partial charge is 0.282 e. The van der Waals surface area contributed by atoms with E-state index in [0.29, 0.717) is 17.1 Å². The fourth-order valence-electron chi connectivity index (χ4n) is 3.41. The van der Waals surface area contributed by atoms with Gasteiger partial charge in [-0.25, -0.2) is 4.68 Å². The molecule has 0 saturated heterocycles. The molecule has 2 heterocycles. The fraction of sp³-hybridized carbons (Fsp3) is 0.100. The van der Waals surface area contributed by atoms with Gasteiger partial charge < -0.3 is 0 Å². The van der Waals surface area contributed by atoms with Crippen LogP contribution in [0.4, 0.5) is 5.69 Å². The number of nitriles is 1. The summed E-state index contributed by atoms with van der Waals surface area (Å²) in [6.45, 7) is 1.43. The van der Waals surface area contributed by atoms with Crippen LogP contribution in [0.5, 0.6) is 0 Å². The van der Waals surface area contributed by atoms with Crippen molar-refractivity contribution < 1.29 is 14.5 Å². The molecule has 9 nitrogen and oxygen atoms in total. The number of carbonyl (C=O) groups excluding carboxylic acids is 2. The molecule has 0 bridgehead atoms. The molecule has 2 aromatic carbocycles. The van der Waals surface area contributed by atoms with Gasteiger partial charge in [-0.15, -0.1) is 0 Å². The van der Waals surface area contributed by atoms with Crippen molar-refractivity contribution in [2.75, 3.05) is 0 Å². The van der Waals surface area contributed by atoms with Crippen LogP contribution >= 0.6 is 0 Å². The SMILES string of the molecule is Cc1nn(-c2ccccc2)c(CN2C(=O)c3cccc([N+](=O)[O-])c3C2=O)c1C#N. The average molecular weight is 387 g/mol. The number of nitrogens with zero attached hydrogens (tertiary/aromatic N) is 5. The molecule has 0 saturated carbocycles. The first kappa shape index (κ1) is 18.1. The quantitative estimate of drug-likeness (QED) is 0.385. The van der Waals surface area contributed by atoms with Gasteiger partial charge in [-0.3, -0.25) is 24.6 Å². The third-order valence-electron chi connectivity index (χ3n) is 4.75. The molecular weight excluding hydrogens is 374 g/mol. The summed E-state index contributed by atoms with van der Waals surface area (Å²) in [5.41, 5.74) is 1.04. The van der Waals surface area contributed by atoms with E-state index >= 15 is 0 Å². The number of benzene rings is 2. The fourth-order valence-corrected chi connectivity index (χ4v) is 3.41. The van der Waals surface area contributed by atoms with Gasteiger partial charge in [0.15, 0.2) is 0 Å². The Bertz CT molecular complexity index is 1220. The van der Waals surface area contributed by atoms with Gasteiger partial charge in [0, 0.05) is 6.07 Å². The lowest BCUT2D eigenvalue weighted by molar-refractivity contribution is -0.385. The Morgan fingerprint density at radius 1 is 1.10 bits per heavy atom. The summed E-state index contributed by atoms with van der Waals surface area (Å²) >= 11 is 0. The van der Waals surface area contributed by atoms with Crippen molar-refractivity contribution in [3.63, 3.8) is 0 Å². The predicted octanol–water partition coefficient (Wildman–Crippen LogP) is 2.76. The van der Waals surface area contributed by atoms with Crippen molar-refractivity contribution in [1.82, 2.24) is 14.7 Å². The van der Waals surface area contributed by atoms with Crippen molar-refractivity contribution >= 4 is 17.5 Å². The molecule has 1 aromatic heterocycles. The monoisotopic (exact) mass is 387 g/mol. The summed E-state index contributed by atoms with van der Waals surface area (Å²) in [6, 6.07) is 15.0. The van der Waals surface area contributed by atoms with Gasteiger partial charge in [-0.05, 0) is 25.1 Å². The van der Waals surface area contributed by atoms with E-state index in [4.69, 9.17) is 0 Å². The first-order valence-corrected chi connectivity index (χ1v) is 8.61. The molecule has 142 valence electrons. The molecule has 0 spiro atoms. The molecule has 1 aliphatic rings. The van der Waals surface area contributed by atoms with Crippen LogP contribution in [0.15, 0.2) is 48.5 Å². The van der Waals surface area contributed by atoms with E-state index in [1.807, 2.05) is 6.07 Å². The van der Waals surface area contributed by atoms with E-state index in [9.17, 15) is 25.0 Å². The minimum absolute atomic E-state index is 0.0230. The van der Waals surface area contributed by atoms with Gasteiger partial charge in [0.25, 0.3) is 17.5 Å². The summed E-state index contributed by atoms with van der Waals surface area (Å²) < 4.78 is 1.51. The lowest BCUT2D eigenvalue weighted by atomic mass is 10.1. The average Bonchev–Trinajstić information content (AvgIpc) is 3.17. The minimum Gasteiger partial charge on any atom is -0.269 e. The molecule has 4 rings (SSSR count). The molecule has 29 heavy (non-hydrogen) atoms. The van der Waals surface area contributed by atoms with Crippen molar-refractivity contribution in [2.45, 2.75) is 13.5 Å². The number of imide groups is 1. The smallest absolute Gasteiger partial charge is 0.269 e. The number of aryl methyl sites for hydroxylation is 1. The molecule has 0 radical (unpaired) electrons.